The molecule has 1 rings (SSSR count). The fourth-order valence-corrected chi connectivity index (χ4v) is 2.00. The van der Waals surface area contributed by atoms with E-state index in [0.717, 1.165) is 37.6 Å². The van der Waals surface area contributed by atoms with Crippen LogP contribution in [0.2, 0.25) is 0 Å². The lowest BCUT2D eigenvalue weighted by molar-refractivity contribution is -0.128. The number of amides is 1. The van der Waals surface area contributed by atoms with Crippen molar-refractivity contribution in [3.8, 4) is 0 Å². The van der Waals surface area contributed by atoms with Crippen LogP contribution in [0.4, 0.5) is 11.5 Å². The Morgan fingerprint density at radius 1 is 1.37 bits per heavy atom. The number of hydrogen-bond donors (Lipinski definition) is 2. The molecule has 1 aromatic heterocycles. The van der Waals surface area contributed by atoms with Crippen LogP contribution in [0.3, 0.4) is 0 Å². The molecule has 6 heteroatoms. The Morgan fingerprint density at radius 3 is 2.53 bits per heavy atom. The fraction of sp³-hybridized carbons (Fsp3) is 0.692. The average Bonchev–Trinajstić information content (AvgIpc) is 2.65. The van der Waals surface area contributed by atoms with E-state index in [0.29, 0.717) is 5.69 Å². The molecule has 0 aliphatic heterocycles. The molecule has 6 nitrogen and oxygen atoms in total. The molecule has 0 saturated carbocycles. The Labute approximate surface area is 114 Å². The molecule has 0 unspecified atom stereocenters. The van der Waals surface area contributed by atoms with Gasteiger partial charge in [-0.2, -0.15) is 5.10 Å². The largest absolute Gasteiger partial charge is 0.394 e. The molecule has 0 aliphatic rings. The van der Waals surface area contributed by atoms with E-state index in [-0.39, 0.29) is 12.5 Å². The van der Waals surface area contributed by atoms with Gasteiger partial charge in [0.05, 0.1) is 17.9 Å². The zero-order valence-corrected chi connectivity index (χ0v) is 12.4. The van der Waals surface area contributed by atoms with Crippen LogP contribution < -0.4 is 11.1 Å². The molecule has 1 heterocycles. The number of hydrogen-bond acceptors (Lipinski definition) is 4. The number of nitrogens with two attached hydrogens (primary N) is 1. The van der Waals surface area contributed by atoms with Gasteiger partial charge in [0, 0.05) is 19.6 Å². The van der Waals surface area contributed by atoms with Crippen molar-refractivity contribution in [2.24, 2.45) is 0 Å². The quantitative estimate of drug-likeness (QED) is 0.784. The molecule has 1 amide bonds. The number of nitrogens with zero attached hydrogens (tertiary/aromatic N) is 3. The number of nitrogen functional groups attached to an aromatic ring is 1. The van der Waals surface area contributed by atoms with E-state index in [2.05, 4.69) is 17.3 Å². The minimum atomic E-state index is 0.0753. The molecule has 0 aliphatic carbocycles. The van der Waals surface area contributed by atoms with Crippen LogP contribution in [-0.4, -0.2) is 40.2 Å². The molecule has 0 spiro atoms. The highest BCUT2D eigenvalue weighted by atomic mass is 16.2. The summed E-state index contributed by atoms with van der Waals surface area (Å²) in [6.45, 7) is 10.4. The number of carbonyl (C=O) groups is 1. The molecular formula is C13H25N5O. The molecule has 108 valence electrons. The van der Waals surface area contributed by atoms with Gasteiger partial charge >= 0.3 is 0 Å². The number of rotatable bonds is 7. The van der Waals surface area contributed by atoms with Crippen LogP contribution in [0.25, 0.3) is 0 Å². The standard InChI is InChI=1S/C13H25N5O/c1-5-8-18-13(12(14)10(4)16-18)15-9-11(19)17(6-2)7-3/h15H,5-9,14H2,1-4H3. The Balaban J connectivity index is 2.74. The van der Waals surface area contributed by atoms with E-state index >= 15 is 0 Å². The molecule has 19 heavy (non-hydrogen) atoms. The van der Waals surface area contributed by atoms with Crippen LogP contribution in [0.5, 0.6) is 0 Å². The maximum Gasteiger partial charge on any atom is 0.241 e. The van der Waals surface area contributed by atoms with Crippen molar-refractivity contribution in [2.75, 3.05) is 30.7 Å². The topological polar surface area (TPSA) is 76.2 Å². The van der Waals surface area contributed by atoms with Crippen LogP contribution in [0.1, 0.15) is 32.9 Å². The zero-order valence-electron chi connectivity index (χ0n) is 12.4. The van der Waals surface area contributed by atoms with Crippen molar-refractivity contribution in [1.82, 2.24) is 14.7 Å². The van der Waals surface area contributed by atoms with Crippen molar-refractivity contribution in [3.63, 3.8) is 0 Å². The van der Waals surface area contributed by atoms with Gasteiger partial charge in [-0.1, -0.05) is 6.92 Å². The lowest BCUT2D eigenvalue weighted by Crippen LogP contribution is -2.35. The molecule has 0 saturated heterocycles. The predicted molar refractivity (Wildman–Crippen MR) is 78.1 cm³/mol. The summed E-state index contributed by atoms with van der Waals surface area (Å²) in [5.41, 5.74) is 7.41. The lowest BCUT2D eigenvalue weighted by Gasteiger charge is -2.19. The Morgan fingerprint density at radius 2 is 2.00 bits per heavy atom. The Bertz CT molecular complexity index is 423. The number of anilines is 2. The minimum absolute atomic E-state index is 0.0753. The van der Waals surface area contributed by atoms with Gasteiger partial charge in [-0.05, 0) is 27.2 Å². The van der Waals surface area contributed by atoms with Gasteiger partial charge in [0.25, 0.3) is 0 Å². The van der Waals surface area contributed by atoms with Gasteiger partial charge in [-0.3, -0.25) is 4.79 Å². The summed E-state index contributed by atoms with van der Waals surface area (Å²) in [5.74, 6) is 0.825. The first kappa shape index (κ1) is 15.3. The summed E-state index contributed by atoms with van der Waals surface area (Å²) in [4.78, 5) is 13.7. The average molecular weight is 267 g/mol. The highest BCUT2D eigenvalue weighted by molar-refractivity contribution is 5.81. The lowest BCUT2D eigenvalue weighted by atomic mass is 10.3. The van der Waals surface area contributed by atoms with Gasteiger partial charge in [0.15, 0.2) is 0 Å². The maximum absolute atomic E-state index is 12.0. The molecule has 3 N–H and O–H groups in total. The maximum atomic E-state index is 12.0. The summed E-state index contributed by atoms with van der Waals surface area (Å²) in [6, 6.07) is 0. The second-order valence-electron chi connectivity index (χ2n) is 4.49. The van der Waals surface area contributed by atoms with Crippen molar-refractivity contribution in [3.05, 3.63) is 5.69 Å². The third-order valence-corrected chi connectivity index (χ3v) is 3.13. The first-order valence-corrected chi connectivity index (χ1v) is 6.89. The molecule has 1 aromatic rings. The van der Waals surface area contributed by atoms with E-state index < -0.39 is 0 Å². The molecule has 0 aromatic carbocycles. The highest BCUT2D eigenvalue weighted by Crippen LogP contribution is 2.22. The van der Waals surface area contributed by atoms with E-state index in [9.17, 15) is 4.79 Å². The van der Waals surface area contributed by atoms with Gasteiger partial charge in [-0.15, -0.1) is 0 Å². The van der Waals surface area contributed by atoms with Gasteiger partial charge in [0.1, 0.15) is 5.82 Å². The first-order valence-electron chi connectivity index (χ1n) is 6.89. The van der Waals surface area contributed by atoms with E-state index in [1.165, 1.54) is 0 Å². The van der Waals surface area contributed by atoms with Crippen molar-refractivity contribution >= 4 is 17.4 Å². The second kappa shape index (κ2) is 7.01. The van der Waals surface area contributed by atoms with Gasteiger partial charge in [0.2, 0.25) is 5.91 Å². The Kier molecular flexibility index (Phi) is 5.66. The molecule has 0 radical (unpaired) electrons. The van der Waals surface area contributed by atoms with Crippen LogP contribution >= 0.6 is 0 Å². The number of likely N-dealkylation sites (N-methyl/N-ethyl adjacent to an activating group) is 1. The van der Waals surface area contributed by atoms with Crippen molar-refractivity contribution in [1.29, 1.82) is 0 Å². The summed E-state index contributed by atoms with van der Waals surface area (Å²) < 4.78 is 1.83. The predicted octanol–water partition coefficient (Wildman–Crippen LogP) is 1.46. The van der Waals surface area contributed by atoms with Crippen LogP contribution in [-0.2, 0) is 11.3 Å². The van der Waals surface area contributed by atoms with Crippen LogP contribution in [0.15, 0.2) is 0 Å². The minimum Gasteiger partial charge on any atom is -0.394 e. The van der Waals surface area contributed by atoms with Crippen molar-refractivity contribution < 1.29 is 4.79 Å². The normalized spacial score (nSPS) is 10.5. The Hall–Kier alpha value is -1.72. The molecule has 0 bridgehead atoms. The van der Waals surface area contributed by atoms with Gasteiger partial charge in [-0.25, -0.2) is 4.68 Å². The second-order valence-corrected chi connectivity index (χ2v) is 4.49. The van der Waals surface area contributed by atoms with E-state index in [1.807, 2.05) is 25.5 Å². The number of aromatic nitrogens is 2. The third-order valence-electron chi connectivity index (χ3n) is 3.13. The summed E-state index contributed by atoms with van der Waals surface area (Å²) in [6.07, 6.45) is 0.971. The fourth-order valence-electron chi connectivity index (χ4n) is 2.00. The number of nitrogens with one attached hydrogen (secondary N) is 1. The molecule has 0 fully saturated rings. The monoisotopic (exact) mass is 267 g/mol. The zero-order chi connectivity index (χ0) is 14.4. The van der Waals surface area contributed by atoms with E-state index in [4.69, 9.17) is 5.73 Å². The summed E-state index contributed by atoms with van der Waals surface area (Å²) in [5, 5.41) is 7.49. The van der Waals surface area contributed by atoms with Crippen molar-refractivity contribution in [2.45, 2.75) is 40.7 Å². The third kappa shape index (κ3) is 3.62. The van der Waals surface area contributed by atoms with Crippen LogP contribution in [0, 0.1) is 6.92 Å². The molecule has 0 atom stereocenters. The SMILES string of the molecule is CCCn1nc(C)c(N)c1NCC(=O)N(CC)CC. The smallest absolute Gasteiger partial charge is 0.241 e. The number of aryl methyl sites for hydroxylation is 2. The molecular weight excluding hydrogens is 242 g/mol. The van der Waals surface area contributed by atoms with Gasteiger partial charge < -0.3 is 16.0 Å². The first-order chi connectivity index (χ1) is 9.04. The number of carbonyl (C=O) groups excluding carboxylic acids is 1. The van der Waals surface area contributed by atoms with E-state index in [1.54, 1.807) is 4.90 Å². The highest BCUT2D eigenvalue weighted by Gasteiger charge is 2.14. The summed E-state index contributed by atoms with van der Waals surface area (Å²) >= 11 is 0. The summed E-state index contributed by atoms with van der Waals surface area (Å²) in [7, 11) is 0.